The fourth-order valence-corrected chi connectivity index (χ4v) is 13.5. The zero-order valence-electron chi connectivity index (χ0n) is 31.3. The zero-order chi connectivity index (χ0) is 38.7. The molecule has 10 nitrogen and oxygen atoms in total. The molecule has 286 valence electrons. The van der Waals surface area contributed by atoms with Gasteiger partial charge < -0.3 is 25.5 Å². The summed E-state index contributed by atoms with van der Waals surface area (Å²) in [6, 6.07) is 0. The van der Waals surface area contributed by atoms with Gasteiger partial charge >= 0.3 is 0 Å². The molecule has 0 saturated heterocycles. The molecule has 6 saturated carbocycles. The predicted octanol–water partition coefficient (Wildman–Crippen LogP) is 3.49. The molecule has 8 rings (SSSR count). The number of aliphatic hydroxyl groups is 5. The second kappa shape index (κ2) is 12.4. The number of hydrogen-bond donors (Lipinski definition) is 5. The van der Waals surface area contributed by atoms with Crippen molar-refractivity contribution in [2.75, 3.05) is 13.2 Å². The third-order valence-corrected chi connectivity index (χ3v) is 16.3. The molecule has 8 aliphatic carbocycles. The third kappa shape index (κ3) is 4.97. The summed E-state index contributed by atoms with van der Waals surface area (Å²) in [7, 11) is 0. The number of allylic oxidation sites excluding steroid dienone is 8. The summed E-state index contributed by atoms with van der Waals surface area (Å²) in [4.78, 5) is 61.7. The van der Waals surface area contributed by atoms with E-state index in [1.54, 1.807) is 24.3 Å². The summed E-state index contributed by atoms with van der Waals surface area (Å²) < 4.78 is 0. The van der Waals surface area contributed by atoms with Gasteiger partial charge in [-0.3, -0.25) is 24.0 Å². The molecule has 0 heterocycles. The third-order valence-electron chi connectivity index (χ3n) is 16.3. The highest BCUT2D eigenvalue weighted by atomic mass is 16.3. The molecule has 53 heavy (non-hydrogen) atoms. The zero-order valence-corrected chi connectivity index (χ0v) is 31.3. The Morgan fingerprint density at radius 2 is 1.36 bits per heavy atom. The first-order valence-corrected chi connectivity index (χ1v) is 19.3. The lowest BCUT2D eigenvalue weighted by Gasteiger charge is -2.59. The van der Waals surface area contributed by atoms with E-state index in [4.69, 9.17) is 0 Å². The summed E-state index contributed by atoms with van der Waals surface area (Å²) in [5.41, 5.74) is -3.39. The summed E-state index contributed by atoms with van der Waals surface area (Å²) in [6.07, 6.45) is 14.7. The van der Waals surface area contributed by atoms with Crippen LogP contribution < -0.4 is 0 Å². The van der Waals surface area contributed by atoms with Crippen molar-refractivity contribution in [1.29, 1.82) is 0 Å². The van der Waals surface area contributed by atoms with Crippen LogP contribution in [0.1, 0.15) is 85.5 Å². The molecule has 0 aliphatic heterocycles. The van der Waals surface area contributed by atoms with Crippen molar-refractivity contribution in [3.05, 3.63) is 59.8 Å². The van der Waals surface area contributed by atoms with Crippen LogP contribution in [0.5, 0.6) is 0 Å². The molecule has 0 spiro atoms. The van der Waals surface area contributed by atoms with Crippen molar-refractivity contribution < 1.29 is 49.5 Å². The minimum Gasteiger partial charge on any atom is -0.393 e. The fourth-order valence-electron chi connectivity index (χ4n) is 13.5. The quantitative estimate of drug-likeness (QED) is 0.268. The second-order valence-corrected chi connectivity index (χ2v) is 18.3. The van der Waals surface area contributed by atoms with E-state index in [2.05, 4.69) is 13.5 Å². The van der Waals surface area contributed by atoms with E-state index in [1.165, 1.54) is 0 Å². The standard InChI is InChI=1S/C22H28O5.C21H26O5/c1-12-8-16-15-5-4-13-9-14(24)6-7-20(13,2)19(15)17(25)10-21(16,3)22(12,27)18(26)11-23;1-19-7-5-13(23)9-12(19)3-4-14-15-6-8-21(26,17(25)11-22)20(15,2)10-16(24)18(14)19/h6-7,9,15-17,19,23,25,27H,1,4-5,8,10-11H2,2-3H3;5,7,9,14-15,18,22,26H,3-4,6,8,10-11H2,1-2H3/t15-,16-,17-,19+,20-,21-,22-;14-,15-,18+,19-,20-,21-/m00/s1. The SMILES string of the molecule is C=C1C[C@H]2[C@@H]3CCC4=CC(=O)C=C[C@]4(C)[C@H]3[C@@H](O)C[C@]2(C)[C@@]1(O)C(=O)CO.C[C@]12C=CC(=O)C=C1CC[C@@H]1[C@@H]2C(=O)C[C@@]2(C)[C@H]1CC[C@]2(O)C(=O)CO. The molecule has 0 aromatic carbocycles. The normalized spacial score (nSPS) is 47.8. The molecule has 0 radical (unpaired) electrons. The molecular formula is C43H54O10. The Balaban J connectivity index is 0.000000164. The van der Waals surface area contributed by atoms with Crippen LogP contribution in [0.15, 0.2) is 59.8 Å². The predicted molar refractivity (Wildman–Crippen MR) is 194 cm³/mol. The first-order valence-electron chi connectivity index (χ1n) is 19.3. The monoisotopic (exact) mass is 730 g/mol. The Morgan fingerprint density at radius 3 is 1.96 bits per heavy atom. The molecule has 6 fully saturated rings. The van der Waals surface area contributed by atoms with Gasteiger partial charge in [0.15, 0.2) is 28.7 Å². The van der Waals surface area contributed by atoms with Crippen LogP contribution in [-0.4, -0.2) is 85.0 Å². The number of fused-ring (bicyclic) bond motifs is 10. The van der Waals surface area contributed by atoms with E-state index in [0.29, 0.717) is 24.8 Å². The van der Waals surface area contributed by atoms with Gasteiger partial charge in [0.25, 0.3) is 0 Å². The van der Waals surface area contributed by atoms with E-state index in [-0.39, 0.29) is 71.1 Å². The highest BCUT2D eigenvalue weighted by Crippen LogP contribution is 2.69. The lowest BCUT2D eigenvalue weighted by atomic mass is 9.46. The van der Waals surface area contributed by atoms with Crippen molar-refractivity contribution in [3.8, 4) is 0 Å². The number of aliphatic hydroxyl groups excluding tert-OH is 3. The van der Waals surface area contributed by atoms with Gasteiger partial charge in [0.2, 0.25) is 0 Å². The molecule has 13 atom stereocenters. The van der Waals surface area contributed by atoms with Crippen molar-refractivity contribution >= 4 is 28.9 Å². The van der Waals surface area contributed by atoms with Gasteiger partial charge in [0.1, 0.15) is 24.6 Å². The molecule has 8 aliphatic rings. The van der Waals surface area contributed by atoms with E-state index in [0.717, 1.165) is 36.8 Å². The molecular weight excluding hydrogens is 676 g/mol. The molecule has 5 N–H and O–H groups in total. The Kier molecular flexibility index (Phi) is 8.95. The second-order valence-electron chi connectivity index (χ2n) is 18.3. The van der Waals surface area contributed by atoms with Crippen molar-refractivity contribution in [2.24, 2.45) is 57.2 Å². The highest BCUT2D eigenvalue weighted by molar-refractivity contribution is 6.02. The van der Waals surface area contributed by atoms with Crippen LogP contribution in [-0.2, 0) is 24.0 Å². The van der Waals surface area contributed by atoms with Crippen LogP contribution in [0.2, 0.25) is 0 Å². The summed E-state index contributed by atoms with van der Waals surface area (Å²) in [5, 5.41) is 52.4. The lowest BCUT2D eigenvalue weighted by molar-refractivity contribution is -0.173. The molecule has 0 amide bonds. The smallest absolute Gasteiger partial charge is 0.194 e. The van der Waals surface area contributed by atoms with Crippen LogP contribution in [0.25, 0.3) is 0 Å². The van der Waals surface area contributed by atoms with Gasteiger partial charge in [-0.25, -0.2) is 0 Å². The summed E-state index contributed by atoms with van der Waals surface area (Å²) >= 11 is 0. The van der Waals surface area contributed by atoms with E-state index >= 15 is 0 Å². The fraction of sp³-hybridized carbons (Fsp3) is 0.651. The van der Waals surface area contributed by atoms with E-state index in [1.807, 2.05) is 32.9 Å². The first-order chi connectivity index (χ1) is 24.8. The van der Waals surface area contributed by atoms with Gasteiger partial charge in [-0.2, -0.15) is 0 Å². The number of carbonyl (C=O) groups is 5. The van der Waals surface area contributed by atoms with Crippen LogP contribution >= 0.6 is 0 Å². The van der Waals surface area contributed by atoms with Gasteiger partial charge in [0, 0.05) is 39.9 Å². The van der Waals surface area contributed by atoms with Gasteiger partial charge in [-0.1, -0.05) is 57.6 Å². The van der Waals surface area contributed by atoms with Gasteiger partial charge in [0.05, 0.1) is 6.10 Å². The summed E-state index contributed by atoms with van der Waals surface area (Å²) in [6.45, 7) is 10.4. The summed E-state index contributed by atoms with van der Waals surface area (Å²) in [5.74, 6) is -1.19. The Bertz CT molecular complexity index is 1820. The van der Waals surface area contributed by atoms with E-state index in [9.17, 15) is 49.5 Å². The topological polar surface area (TPSA) is 186 Å². The number of carbonyl (C=O) groups excluding carboxylic acids is 5. The lowest BCUT2D eigenvalue weighted by Crippen LogP contribution is -2.62. The average Bonchev–Trinajstić information content (AvgIpc) is 3.50. The van der Waals surface area contributed by atoms with E-state index < -0.39 is 58.3 Å². The van der Waals surface area contributed by atoms with Crippen molar-refractivity contribution in [1.82, 2.24) is 0 Å². The Hall–Kier alpha value is -3.15. The maximum Gasteiger partial charge on any atom is 0.194 e. The van der Waals surface area contributed by atoms with Gasteiger partial charge in [-0.05, 0) is 105 Å². The molecule has 0 unspecified atom stereocenters. The number of Topliss-reactive ketones (excluding diaryl/α,β-unsaturated/α-hetero) is 3. The molecule has 0 aromatic rings. The highest BCUT2D eigenvalue weighted by Gasteiger charge is 2.70. The Morgan fingerprint density at radius 1 is 0.792 bits per heavy atom. The first kappa shape index (κ1) is 38.1. The maximum atomic E-state index is 13.3. The molecule has 0 aromatic heterocycles. The van der Waals surface area contributed by atoms with Crippen LogP contribution in [0.3, 0.4) is 0 Å². The van der Waals surface area contributed by atoms with Crippen LogP contribution in [0, 0.1) is 57.2 Å². The van der Waals surface area contributed by atoms with Crippen LogP contribution in [0.4, 0.5) is 0 Å². The maximum absolute atomic E-state index is 13.3. The Labute approximate surface area is 310 Å². The van der Waals surface area contributed by atoms with Gasteiger partial charge in [-0.15, -0.1) is 0 Å². The van der Waals surface area contributed by atoms with Crippen molar-refractivity contribution in [2.45, 2.75) is 103 Å². The van der Waals surface area contributed by atoms with Crippen molar-refractivity contribution in [3.63, 3.8) is 0 Å². The molecule has 0 bridgehead atoms. The minimum atomic E-state index is -1.80. The number of hydrogen-bond acceptors (Lipinski definition) is 10. The number of ketones is 5. The average molecular weight is 731 g/mol. The number of rotatable bonds is 4. The minimum absolute atomic E-state index is 0.00306. The largest absolute Gasteiger partial charge is 0.393 e. The molecule has 10 heteroatoms.